The Morgan fingerprint density at radius 3 is 2.64 bits per heavy atom. The zero-order chi connectivity index (χ0) is 19.8. The van der Waals surface area contributed by atoms with Crippen LogP contribution >= 0.6 is 15.9 Å². The Hall–Kier alpha value is -2.99. The molecule has 0 saturated carbocycles. The number of rotatable bonds is 3. The second-order valence-corrected chi connectivity index (χ2v) is 7.56. The molecular formula is C22H16BrFN2O2. The lowest BCUT2D eigenvalue weighted by molar-refractivity contribution is 0.0959. The van der Waals surface area contributed by atoms with E-state index in [1.54, 1.807) is 24.3 Å². The van der Waals surface area contributed by atoms with E-state index in [9.17, 15) is 14.0 Å². The number of nitrogens with one attached hydrogen (secondary N) is 2. The summed E-state index contributed by atoms with van der Waals surface area (Å²) < 4.78 is 14.1. The molecule has 3 aromatic carbocycles. The summed E-state index contributed by atoms with van der Waals surface area (Å²) in [6.45, 7) is 1.98. The quantitative estimate of drug-likeness (QED) is 0.605. The molecule has 1 atom stereocenters. The summed E-state index contributed by atoms with van der Waals surface area (Å²) in [5.41, 5.74) is 3.95. The predicted molar refractivity (Wildman–Crippen MR) is 109 cm³/mol. The van der Waals surface area contributed by atoms with Crippen molar-refractivity contribution in [2.75, 3.05) is 5.32 Å². The van der Waals surface area contributed by atoms with Crippen LogP contribution in [0.3, 0.4) is 0 Å². The van der Waals surface area contributed by atoms with E-state index >= 15 is 0 Å². The van der Waals surface area contributed by atoms with Gasteiger partial charge in [-0.2, -0.15) is 0 Å². The third kappa shape index (κ3) is 3.31. The molecule has 2 N–H and O–H groups in total. The van der Waals surface area contributed by atoms with Crippen molar-refractivity contribution >= 4 is 33.4 Å². The second kappa shape index (κ2) is 7.20. The van der Waals surface area contributed by atoms with Crippen LogP contribution in [-0.4, -0.2) is 11.8 Å². The van der Waals surface area contributed by atoms with Crippen LogP contribution in [0, 0.1) is 12.7 Å². The van der Waals surface area contributed by atoms with E-state index in [1.807, 2.05) is 31.2 Å². The van der Waals surface area contributed by atoms with Crippen molar-refractivity contribution in [3.8, 4) is 0 Å². The van der Waals surface area contributed by atoms with Crippen molar-refractivity contribution in [3.05, 3.63) is 98.8 Å². The highest BCUT2D eigenvalue weighted by Crippen LogP contribution is 2.37. The first kappa shape index (κ1) is 18.4. The Morgan fingerprint density at radius 1 is 1.11 bits per heavy atom. The Morgan fingerprint density at radius 2 is 1.89 bits per heavy atom. The fourth-order valence-electron chi connectivity index (χ4n) is 3.49. The van der Waals surface area contributed by atoms with Crippen LogP contribution in [0.25, 0.3) is 0 Å². The van der Waals surface area contributed by atoms with E-state index in [1.165, 1.54) is 12.1 Å². The molecule has 0 saturated heterocycles. The summed E-state index contributed by atoms with van der Waals surface area (Å²) in [6.07, 6.45) is 0. The molecule has 28 heavy (non-hydrogen) atoms. The highest BCUT2D eigenvalue weighted by Gasteiger charge is 2.33. The molecule has 0 aromatic heterocycles. The zero-order valence-electron chi connectivity index (χ0n) is 14.9. The lowest BCUT2D eigenvalue weighted by atomic mass is 9.93. The van der Waals surface area contributed by atoms with Gasteiger partial charge in [0.15, 0.2) is 0 Å². The molecule has 0 aliphatic carbocycles. The third-order valence-corrected chi connectivity index (χ3v) is 5.25. The van der Waals surface area contributed by atoms with Gasteiger partial charge in [0.05, 0.1) is 6.04 Å². The van der Waals surface area contributed by atoms with E-state index in [0.717, 1.165) is 11.1 Å². The summed E-state index contributed by atoms with van der Waals surface area (Å²) in [7, 11) is 0. The third-order valence-electron chi connectivity index (χ3n) is 4.79. The van der Waals surface area contributed by atoms with Crippen molar-refractivity contribution in [1.29, 1.82) is 0 Å². The number of carbonyl (C=O) groups is 2. The first-order valence-electron chi connectivity index (χ1n) is 8.71. The van der Waals surface area contributed by atoms with E-state index in [0.29, 0.717) is 21.3 Å². The Balaban J connectivity index is 1.75. The number of benzene rings is 3. The average molecular weight is 439 g/mol. The first-order chi connectivity index (χ1) is 13.4. The average Bonchev–Trinajstić information content (AvgIpc) is 2.99. The summed E-state index contributed by atoms with van der Waals surface area (Å²) >= 11 is 3.20. The molecule has 0 fully saturated rings. The fraction of sp³-hybridized carbons (Fsp3) is 0.0909. The molecule has 6 heteroatoms. The smallest absolute Gasteiger partial charge is 0.255 e. The van der Waals surface area contributed by atoms with Crippen molar-refractivity contribution in [3.63, 3.8) is 0 Å². The minimum atomic E-state index is -0.507. The Kier molecular flexibility index (Phi) is 4.73. The molecule has 4 nitrogen and oxygen atoms in total. The monoisotopic (exact) mass is 438 g/mol. The maximum atomic E-state index is 13.7. The lowest BCUT2D eigenvalue weighted by Crippen LogP contribution is -2.21. The summed E-state index contributed by atoms with van der Waals surface area (Å²) in [5.74, 6) is -1.14. The van der Waals surface area contributed by atoms with Gasteiger partial charge in [-0.15, -0.1) is 0 Å². The molecule has 0 spiro atoms. The highest BCUT2D eigenvalue weighted by molar-refractivity contribution is 9.10. The number of halogens is 2. The van der Waals surface area contributed by atoms with Gasteiger partial charge in [-0.25, -0.2) is 4.39 Å². The van der Waals surface area contributed by atoms with Crippen LogP contribution in [0.4, 0.5) is 10.1 Å². The van der Waals surface area contributed by atoms with Crippen LogP contribution in [0.2, 0.25) is 0 Å². The summed E-state index contributed by atoms with van der Waals surface area (Å²) in [6, 6.07) is 16.6. The van der Waals surface area contributed by atoms with Crippen LogP contribution in [0.1, 0.15) is 43.4 Å². The van der Waals surface area contributed by atoms with Crippen molar-refractivity contribution in [2.45, 2.75) is 13.0 Å². The van der Waals surface area contributed by atoms with E-state index in [2.05, 4.69) is 26.6 Å². The van der Waals surface area contributed by atoms with Crippen LogP contribution < -0.4 is 10.6 Å². The van der Waals surface area contributed by atoms with Crippen LogP contribution in [-0.2, 0) is 0 Å². The SMILES string of the molecule is Cc1ccccc1C1NC(=O)c2cccc(NC(=O)c3cc(F)cc(Br)c3)c21. The first-order valence-corrected chi connectivity index (χ1v) is 9.50. The van der Waals surface area contributed by atoms with Crippen LogP contribution in [0.15, 0.2) is 65.1 Å². The molecule has 2 amide bonds. The Labute approximate surface area is 169 Å². The van der Waals surface area contributed by atoms with Gasteiger partial charge in [-0.1, -0.05) is 46.3 Å². The number of anilines is 1. The number of carbonyl (C=O) groups excluding carboxylic acids is 2. The Bertz CT molecular complexity index is 1090. The largest absolute Gasteiger partial charge is 0.341 e. The summed E-state index contributed by atoms with van der Waals surface area (Å²) in [5, 5.41) is 5.82. The van der Waals surface area contributed by atoms with Gasteiger partial charge in [-0.05, 0) is 48.4 Å². The van der Waals surface area contributed by atoms with E-state index in [-0.39, 0.29) is 17.5 Å². The molecule has 1 aliphatic heterocycles. The number of amides is 2. The van der Waals surface area contributed by atoms with E-state index in [4.69, 9.17) is 0 Å². The number of fused-ring (bicyclic) bond motifs is 1. The van der Waals surface area contributed by atoms with Gasteiger partial charge < -0.3 is 10.6 Å². The molecule has 1 unspecified atom stereocenters. The molecule has 0 bridgehead atoms. The normalized spacial score (nSPS) is 15.1. The topological polar surface area (TPSA) is 58.2 Å². The zero-order valence-corrected chi connectivity index (χ0v) is 16.5. The van der Waals surface area contributed by atoms with Crippen LogP contribution in [0.5, 0.6) is 0 Å². The number of hydrogen-bond donors (Lipinski definition) is 2. The highest BCUT2D eigenvalue weighted by atomic mass is 79.9. The molecule has 4 rings (SSSR count). The maximum absolute atomic E-state index is 13.7. The molecule has 1 aliphatic rings. The minimum Gasteiger partial charge on any atom is -0.341 e. The van der Waals surface area contributed by atoms with Gasteiger partial charge in [0.2, 0.25) is 0 Å². The lowest BCUT2D eigenvalue weighted by Gasteiger charge is -2.18. The van der Waals surface area contributed by atoms with Gasteiger partial charge in [0.25, 0.3) is 11.8 Å². The molecule has 3 aromatic rings. The number of hydrogen-bond acceptors (Lipinski definition) is 2. The predicted octanol–water partition coefficient (Wildman–Crippen LogP) is 4.98. The standard InChI is InChI=1S/C22H16BrFN2O2/c1-12-5-2-3-6-16(12)20-19-17(22(28)26-20)7-4-8-18(19)25-21(27)13-9-14(23)11-15(24)10-13/h2-11,20H,1H3,(H,25,27)(H,26,28). The minimum absolute atomic E-state index is 0.187. The maximum Gasteiger partial charge on any atom is 0.255 e. The van der Waals surface area contributed by atoms with Crippen molar-refractivity contribution in [1.82, 2.24) is 5.32 Å². The summed E-state index contributed by atoms with van der Waals surface area (Å²) in [4.78, 5) is 25.2. The fourth-order valence-corrected chi connectivity index (χ4v) is 3.95. The number of aryl methyl sites for hydroxylation is 1. The molecule has 140 valence electrons. The second-order valence-electron chi connectivity index (χ2n) is 6.64. The van der Waals surface area contributed by atoms with E-state index < -0.39 is 11.7 Å². The van der Waals surface area contributed by atoms with Crippen molar-refractivity contribution < 1.29 is 14.0 Å². The molecule has 1 heterocycles. The van der Waals surface area contributed by atoms with Gasteiger partial charge >= 0.3 is 0 Å². The van der Waals surface area contributed by atoms with Gasteiger partial charge in [-0.3, -0.25) is 9.59 Å². The molecule has 0 radical (unpaired) electrons. The van der Waals surface area contributed by atoms with Gasteiger partial charge in [0.1, 0.15) is 5.82 Å². The molecular weight excluding hydrogens is 423 g/mol. The van der Waals surface area contributed by atoms with Crippen molar-refractivity contribution in [2.24, 2.45) is 0 Å². The van der Waals surface area contributed by atoms with Gasteiger partial charge in [0, 0.05) is 26.9 Å².